The summed E-state index contributed by atoms with van der Waals surface area (Å²) in [6, 6.07) is 2.77. The monoisotopic (exact) mass is 265 g/mol. The molecule has 1 aliphatic rings. The second-order valence-corrected chi connectivity index (χ2v) is 6.51. The van der Waals surface area contributed by atoms with Gasteiger partial charge in [-0.15, -0.1) is 22.7 Å². The summed E-state index contributed by atoms with van der Waals surface area (Å²) in [5.74, 6) is 0. The van der Waals surface area contributed by atoms with Crippen LogP contribution in [0.1, 0.15) is 28.3 Å². The summed E-state index contributed by atoms with van der Waals surface area (Å²) in [7, 11) is 0. The molecule has 17 heavy (non-hydrogen) atoms. The zero-order valence-corrected chi connectivity index (χ0v) is 11.4. The summed E-state index contributed by atoms with van der Waals surface area (Å²) in [6.07, 6.45) is 3.07. The van der Waals surface area contributed by atoms with Gasteiger partial charge in [0.25, 0.3) is 0 Å². The number of fused-ring (bicyclic) bond motifs is 1. The van der Waals surface area contributed by atoms with E-state index >= 15 is 0 Å². The number of nitrogens with zero attached hydrogens (tertiary/aromatic N) is 2. The van der Waals surface area contributed by atoms with Crippen molar-refractivity contribution in [1.29, 1.82) is 0 Å². The van der Waals surface area contributed by atoms with E-state index in [2.05, 4.69) is 28.3 Å². The molecule has 0 spiro atoms. The number of nitrogen functional groups attached to an aromatic ring is 1. The second kappa shape index (κ2) is 4.40. The molecule has 0 saturated heterocycles. The Morgan fingerprint density at radius 2 is 2.47 bits per heavy atom. The summed E-state index contributed by atoms with van der Waals surface area (Å²) in [5, 5.41) is 2.87. The fourth-order valence-electron chi connectivity index (χ4n) is 2.37. The number of nitrogens with two attached hydrogens (primary N) is 1. The summed E-state index contributed by atoms with van der Waals surface area (Å²) >= 11 is 3.48. The van der Waals surface area contributed by atoms with Crippen LogP contribution in [-0.2, 0) is 13.0 Å². The first-order chi connectivity index (χ1) is 8.24. The van der Waals surface area contributed by atoms with Crippen LogP contribution in [0.25, 0.3) is 0 Å². The first-order valence-electron chi connectivity index (χ1n) is 5.74. The summed E-state index contributed by atoms with van der Waals surface area (Å²) in [4.78, 5) is 9.43. The fraction of sp³-hybridized carbons (Fsp3) is 0.417. The SMILES string of the molecule is CC1c2ccsc2CCN1Cc1cnc(N)s1. The molecule has 0 aliphatic carbocycles. The molecule has 1 aliphatic heterocycles. The molecule has 0 fully saturated rings. The molecule has 2 aromatic heterocycles. The van der Waals surface area contributed by atoms with Crippen molar-refractivity contribution in [2.45, 2.75) is 25.9 Å². The predicted octanol–water partition coefficient (Wildman–Crippen LogP) is 2.91. The van der Waals surface area contributed by atoms with Crippen molar-refractivity contribution >= 4 is 27.8 Å². The van der Waals surface area contributed by atoms with Gasteiger partial charge in [0.15, 0.2) is 5.13 Å². The molecule has 3 nitrogen and oxygen atoms in total. The lowest BCUT2D eigenvalue weighted by Crippen LogP contribution is -2.32. The van der Waals surface area contributed by atoms with E-state index in [1.807, 2.05) is 17.5 Å². The van der Waals surface area contributed by atoms with E-state index in [9.17, 15) is 0 Å². The molecule has 0 radical (unpaired) electrons. The molecule has 0 saturated carbocycles. The predicted molar refractivity (Wildman–Crippen MR) is 73.4 cm³/mol. The molecule has 0 bridgehead atoms. The average Bonchev–Trinajstić information content (AvgIpc) is 2.92. The Morgan fingerprint density at radius 1 is 1.59 bits per heavy atom. The third-order valence-corrected chi connectivity index (χ3v) is 5.14. The molecule has 0 aromatic carbocycles. The van der Waals surface area contributed by atoms with Gasteiger partial charge in [-0.3, -0.25) is 4.90 Å². The second-order valence-electron chi connectivity index (χ2n) is 4.36. The highest BCUT2D eigenvalue weighted by Crippen LogP contribution is 2.34. The topological polar surface area (TPSA) is 42.2 Å². The van der Waals surface area contributed by atoms with Gasteiger partial charge in [0.05, 0.1) is 0 Å². The van der Waals surface area contributed by atoms with Crippen LogP contribution < -0.4 is 5.73 Å². The minimum Gasteiger partial charge on any atom is -0.375 e. The quantitative estimate of drug-likeness (QED) is 0.908. The van der Waals surface area contributed by atoms with Gasteiger partial charge in [0.2, 0.25) is 0 Å². The van der Waals surface area contributed by atoms with Crippen molar-refractivity contribution in [1.82, 2.24) is 9.88 Å². The minimum atomic E-state index is 0.508. The minimum absolute atomic E-state index is 0.508. The normalized spacial score (nSPS) is 20.4. The van der Waals surface area contributed by atoms with Crippen molar-refractivity contribution in [3.05, 3.63) is 33.0 Å². The van der Waals surface area contributed by atoms with Crippen LogP contribution in [0, 0.1) is 0 Å². The smallest absolute Gasteiger partial charge is 0.180 e. The lowest BCUT2D eigenvalue weighted by Gasteiger charge is -2.33. The lowest BCUT2D eigenvalue weighted by atomic mass is 10.0. The lowest BCUT2D eigenvalue weighted by molar-refractivity contribution is 0.193. The number of hydrogen-bond donors (Lipinski definition) is 1. The van der Waals surface area contributed by atoms with E-state index in [0.29, 0.717) is 11.2 Å². The molecule has 90 valence electrons. The molecule has 1 atom stereocenters. The van der Waals surface area contributed by atoms with Gasteiger partial charge in [0, 0.05) is 35.1 Å². The standard InChI is InChI=1S/C12H15N3S2/c1-8-10-3-5-16-11(10)2-4-15(8)7-9-6-14-12(13)17-9/h3,5-6,8H,2,4,7H2,1H3,(H2,13,14). The van der Waals surface area contributed by atoms with Crippen molar-refractivity contribution < 1.29 is 0 Å². The van der Waals surface area contributed by atoms with E-state index in [1.165, 1.54) is 16.9 Å². The summed E-state index contributed by atoms with van der Waals surface area (Å²) in [5.41, 5.74) is 7.17. The number of aromatic nitrogens is 1. The first kappa shape index (κ1) is 11.2. The highest BCUT2D eigenvalue weighted by atomic mass is 32.1. The van der Waals surface area contributed by atoms with Crippen LogP contribution >= 0.6 is 22.7 Å². The third kappa shape index (κ3) is 2.10. The largest absolute Gasteiger partial charge is 0.375 e. The zero-order chi connectivity index (χ0) is 11.8. The van der Waals surface area contributed by atoms with Crippen LogP contribution in [0.5, 0.6) is 0 Å². The molecule has 2 N–H and O–H groups in total. The van der Waals surface area contributed by atoms with Crippen molar-refractivity contribution in [2.75, 3.05) is 12.3 Å². The van der Waals surface area contributed by atoms with E-state index in [-0.39, 0.29) is 0 Å². The van der Waals surface area contributed by atoms with E-state index < -0.39 is 0 Å². The Morgan fingerprint density at radius 3 is 3.24 bits per heavy atom. The number of thiazole rings is 1. The maximum absolute atomic E-state index is 5.67. The van der Waals surface area contributed by atoms with Crippen molar-refractivity contribution in [3.8, 4) is 0 Å². The maximum atomic E-state index is 5.67. The number of hydrogen-bond acceptors (Lipinski definition) is 5. The number of rotatable bonds is 2. The zero-order valence-electron chi connectivity index (χ0n) is 9.72. The Kier molecular flexibility index (Phi) is 2.90. The fourth-order valence-corrected chi connectivity index (χ4v) is 4.05. The molecule has 0 amide bonds. The average molecular weight is 265 g/mol. The Labute approximate surface area is 109 Å². The number of anilines is 1. The molecular weight excluding hydrogens is 250 g/mol. The van der Waals surface area contributed by atoms with E-state index in [1.54, 1.807) is 16.2 Å². The Bertz CT molecular complexity index is 517. The molecule has 3 heterocycles. The Balaban J connectivity index is 1.78. The van der Waals surface area contributed by atoms with Gasteiger partial charge in [-0.1, -0.05) is 0 Å². The summed E-state index contributed by atoms with van der Waals surface area (Å²) < 4.78 is 0. The van der Waals surface area contributed by atoms with Crippen LogP contribution in [0.15, 0.2) is 17.6 Å². The van der Waals surface area contributed by atoms with E-state index in [0.717, 1.165) is 13.1 Å². The maximum Gasteiger partial charge on any atom is 0.180 e. The molecule has 1 unspecified atom stereocenters. The van der Waals surface area contributed by atoms with Crippen molar-refractivity contribution in [2.24, 2.45) is 0 Å². The van der Waals surface area contributed by atoms with Crippen molar-refractivity contribution in [3.63, 3.8) is 0 Å². The van der Waals surface area contributed by atoms with Crippen LogP contribution in [-0.4, -0.2) is 16.4 Å². The van der Waals surface area contributed by atoms with Gasteiger partial charge in [-0.25, -0.2) is 4.98 Å². The van der Waals surface area contributed by atoms with Gasteiger partial charge >= 0.3 is 0 Å². The highest BCUT2D eigenvalue weighted by molar-refractivity contribution is 7.15. The van der Waals surface area contributed by atoms with Crippen LogP contribution in [0.3, 0.4) is 0 Å². The van der Waals surface area contributed by atoms with Gasteiger partial charge in [-0.05, 0) is 30.4 Å². The third-order valence-electron chi connectivity index (χ3n) is 3.33. The van der Waals surface area contributed by atoms with Gasteiger partial charge in [-0.2, -0.15) is 0 Å². The van der Waals surface area contributed by atoms with E-state index in [4.69, 9.17) is 5.73 Å². The van der Waals surface area contributed by atoms with Crippen LogP contribution in [0.4, 0.5) is 5.13 Å². The molecular formula is C12H15N3S2. The van der Waals surface area contributed by atoms with Gasteiger partial charge in [0.1, 0.15) is 0 Å². The first-order valence-corrected chi connectivity index (χ1v) is 7.44. The van der Waals surface area contributed by atoms with Gasteiger partial charge < -0.3 is 5.73 Å². The highest BCUT2D eigenvalue weighted by Gasteiger charge is 2.24. The molecule has 3 rings (SSSR count). The Hall–Kier alpha value is -0.910. The molecule has 2 aromatic rings. The number of thiophene rings is 1. The van der Waals surface area contributed by atoms with Crippen LogP contribution in [0.2, 0.25) is 0 Å². The summed E-state index contributed by atoms with van der Waals surface area (Å²) in [6.45, 7) is 4.38. The molecule has 5 heteroatoms.